The summed E-state index contributed by atoms with van der Waals surface area (Å²) in [4.78, 5) is 0. The zero-order valence-electron chi connectivity index (χ0n) is 13.0. The van der Waals surface area contributed by atoms with E-state index in [-0.39, 0.29) is 11.9 Å². The first kappa shape index (κ1) is 17.4. The zero-order valence-corrected chi connectivity index (χ0v) is 13.8. The SMILES string of the molecule is NCCN(CCc1ccccc1)S(=O)(=O)CC1CCCCO1. The number of benzene rings is 1. The number of nitrogens with zero attached hydrogens (tertiary/aromatic N) is 1. The minimum absolute atomic E-state index is 0.0712. The summed E-state index contributed by atoms with van der Waals surface area (Å²) in [5.74, 6) is 0.0712. The summed E-state index contributed by atoms with van der Waals surface area (Å²) in [5, 5.41) is 0. The van der Waals surface area contributed by atoms with Gasteiger partial charge in [-0.15, -0.1) is 0 Å². The van der Waals surface area contributed by atoms with Crippen molar-refractivity contribution < 1.29 is 13.2 Å². The zero-order chi connectivity index (χ0) is 15.8. The summed E-state index contributed by atoms with van der Waals surface area (Å²) >= 11 is 0. The van der Waals surface area contributed by atoms with E-state index < -0.39 is 10.0 Å². The Morgan fingerprint density at radius 2 is 1.95 bits per heavy atom. The smallest absolute Gasteiger partial charge is 0.216 e. The van der Waals surface area contributed by atoms with Crippen molar-refractivity contribution in [1.29, 1.82) is 0 Å². The summed E-state index contributed by atoms with van der Waals surface area (Å²) in [7, 11) is -3.33. The molecule has 124 valence electrons. The third-order valence-corrected chi connectivity index (χ3v) is 5.88. The molecule has 0 aliphatic carbocycles. The molecule has 0 amide bonds. The Balaban J connectivity index is 1.95. The minimum atomic E-state index is -3.33. The molecular weight excluding hydrogens is 300 g/mol. The highest BCUT2D eigenvalue weighted by atomic mass is 32.2. The van der Waals surface area contributed by atoms with Crippen LogP contribution in [0.5, 0.6) is 0 Å². The average Bonchev–Trinajstić information content (AvgIpc) is 2.53. The molecule has 0 aromatic heterocycles. The average molecular weight is 326 g/mol. The summed E-state index contributed by atoms with van der Waals surface area (Å²) in [6.45, 7) is 1.83. The Hall–Kier alpha value is -0.950. The van der Waals surface area contributed by atoms with Crippen LogP contribution in [0.1, 0.15) is 24.8 Å². The van der Waals surface area contributed by atoms with Gasteiger partial charge in [0.15, 0.2) is 0 Å². The van der Waals surface area contributed by atoms with Crippen LogP contribution in [0.2, 0.25) is 0 Å². The first-order chi connectivity index (χ1) is 10.6. The Morgan fingerprint density at radius 1 is 1.18 bits per heavy atom. The third-order valence-electron chi connectivity index (χ3n) is 3.94. The maximum absolute atomic E-state index is 12.6. The van der Waals surface area contributed by atoms with Crippen LogP contribution in [0, 0.1) is 0 Å². The Labute approximate surface area is 133 Å². The number of hydrogen-bond acceptors (Lipinski definition) is 4. The van der Waals surface area contributed by atoms with E-state index in [0.717, 1.165) is 24.8 Å². The van der Waals surface area contributed by atoms with Crippen LogP contribution in [-0.2, 0) is 21.2 Å². The van der Waals surface area contributed by atoms with Crippen LogP contribution in [0.4, 0.5) is 0 Å². The Morgan fingerprint density at radius 3 is 2.59 bits per heavy atom. The van der Waals surface area contributed by atoms with Gasteiger partial charge in [0.25, 0.3) is 0 Å². The number of hydrogen-bond donors (Lipinski definition) is 1. The highest BCUT2D eigenvalue weighted by Gasteiger charge is 2.27. The fourth-order valence-electron chi connectivity index (χ4n) is 2.71. The molecule has 1 unspecified atom stereocenters. The van der Waals surface area contributed by atoms with Crippen LogP contribution < -0.4 is 5.73 Å². The van der Waals surface area contributed by atoms with Crippen LogP contribution in [0.15, 0.2) is 30.3 Å². The molecule has 0 spiro atoms. The largest absolute Gasteiger partial charge is 0.377 e. The van der Waals surface area contributed by atoms with Crippen molar-refractivity contribution in [2.45, 2.75) is 31.8 Å². The molecule has 1 aromatic rings. The number of sulfonamides is 1. The van der Waals surface area contributed by atoms with Gasteiger partial charge in [-0.25, -0.2) is 12.7 Å². The molecule has 22 heavy (non-hydrogen) atoms. The third kappa shape index (κ3) is 5.35. The van der Waals surface area contributed by atoms with E-state index in [1.54, 1.807) is 0 Å². The lowest BCUT2D eigenvalue weighted by Crippen LogP contribution is -2.42. The van der Waals surface area contributed by atoms with Gasteiger partial charge in [0.2, 0.25) is 10.0 Å². The van der Waals surface area contributed by atoms with Crippen molar-refractivity contribution in [3.05, 3.63) is 35.9 Å². The topological polar surface area (TPSA) is 72.6 Å². The quantitative estimate of drug-likeness (QED) is 0.783. The van der Waals surface area contributed by atoms with Crippen LogP contribution in [-0.4, -0.2) is 50.8 Å². The minimum Gasteiger partial charge on any atom is -0.377 e. The molecule has 2 rings (SSSR count). The summed E-state index contributed by atoms with van der Waals surface area (Å²) < 4.78 is 32.3. The fraction of sp³-hybridized carbons (Fsp3) is 0.625. The van der Waals surface area contributed by atoms with E-state index in [9.17, 15) is 8.42 Å². The molecule has 5 nitrogen and oxygen atoms in total. The van der Waals surface area contributed by atoms with Crippen LogP contribution >= 0.6 is 0 Å². The van der Waals surface area contributed by atoms with Crippen molar-refractivity contribution in [3.8, 4) is 0 Å². The molecule has 1 atom stereocenters. The second-order valence-electron chi connectivity index (χ2n) is 5.69. The van der Waals surface area contributed by atoms with Crippen molar-refractivity contribution >= 4 is 10.0 Å². The maximum Gasteiger partial charge on any atom is 0.216 e. The van der Waals surface area contributed by atoms with Gasteiger partial charge in [-0.3, -0.25) is 0 Å². The Kier molecular flexibility index (Phi) is 6.82. The lowest BCUT2D eigenvalue weighted by atomic mass is 10.1. The fourth-order valence-corrected chi connectivity index (χ4v) is 4.41. The lowest BCUT2D eigenvalue weighted by molar-refractivity contribution is 0.0299. The van der Waals surface area contributed by atoms with Gasteiger partial charge in [-0.1, -0.05) is 30.3 Å². The molecule has 1 fully saturated rings. The molecule has 1 saturated heterocycles. The van der Waals surface area contributed by atoms with Crippen LogP contribution in [0.25, 0.3) is 0 Å². The number of rotatable bonds is 8. The van der Waals surface area contributed by atoms with E-state index in [4.69, 9.17) is 10.5 Å². The van der Waals surface area contributed by atoms with E-state index in [1.807, 2.05) is 30.3 Å². The van der Waals surface area contributed by atoms with Gasteiger partial charge in [0.1, 0.15) is 0 Å². The number of ether oxygens (including phenoxy) is 1. The van der Waals surface area contributed by atoms with Crippen molar-refractivity contribution in [3.63, 3.8) is 0 Å². The first-order valence-corrected chi connectivity index (χ1v) is 9.56. The monoisotopic (exact) mass is 326 g/mol. The molecule has 1 aromatic carbocycles. The highest BCUT2D eigenvalue weighted by molar-refractivity contribution is 7.89. The van der Waals surface area contributed by atoms with E-state index in [0.29, 0.717) is 32.7 Å². The number of nitrogens with two attached hydrogens (primary N) is 1. The second kappa shape index (κ2) is 8.62. The van der Waals surface area contributed by atoms with E-state index in [1.165, 1.54) is 4.31 Å². The van der Waals surface area contributed by atoms with Gasteiger partial charge in [-0.05, 0) is 31.2 Å². The highest BCUT2D eigenvalue weighted by Crippen LogP contribution is 2.16. The molecule has 0 radical (unpaired) electrons. The van der Waals surface area contributed by atoms with Crippen molar-refractivity contribution in [2.75, 3.05) is 32.0 Å². The lowest BCUT2D eigenvalue weighted by Gasteiger charge is -2.27. The molecule has 2 N–H and O–H groups in total. The summed E-state index contributed by atoms with van der Waals surface area (Å²) in [6.07, 6.45) is 3.42. The van der Waals surface area contributed by atoms with E-state index >= 15 is 0 Å². The van der Waals surface area contributed by atoms with E-state index in [2.05, 4.69) is 0 Å². The van der Waals surface area contributed by atoms with Crippen molar-refractivity contribution in [2.24, 2.45) is 5.73 Å². The molecule has 6 heteroatoms. The predicted molar refractivity (Wildman–Crippen MR) is 88.2 cm³/mol. The van der Waals surface area contributed by atoms with Gasteiger partial charge < -0.3 is 10.5 Å². The molecule has 0 saturated carbocycles. The maximum atomic E-state index is 12.6. The van der Waals surface area contributed by atoms with Crippen molar-refractivity contribution in [1.82, 2.24) is 4.31 Å². The molecular formula is C16H26N2O3S. The van der Waals surface area contributed by atoms with Gasteiger partial charge in [0, 0.05) is 26.2 Å². The summed E-state index contributed by atoms with van der Waals surface area (Å²) in [5.41, 5.74) is 6.72. The first-order valence-electron chi connectivity index (χ1n) is 7.95. The normalized spacial score (nSPS) is 19.5. The van der Waals surface area contributed by atoms with Gasteiger partial charge in [0.05, 0.1) is 11.9 Å². The molecule has 1 aliphatic heterocycles. The summed E-state index contributed by atoms with van der Waals surface area (Å²) in [6, 6.07) is 9.91. The standard InChI is InChI=1S/C16H26N2O3S/c17-10-12-18(11-9-15-6-2-1-3-7-15)22(19,20)14-16-8-4-5-13-21-16/h1-3,6-7,16H,4-5,8-14,17H2. The predicted octanol–water partition coefficient (Wildman–Crippen LogP) is 1.39. The molecule has 1 heterocycles. The molecule has 1 aliphatic rings. The van der Waals surface area contributed by atoms with Crippen LogP contribution in [0.3, 0.4) is 0 Å². The molecule has 0 bridgehead atoms. The van der Waals surface area contributed by atoms with Gasteiger partial charge >= 0.3 is 0 Å². The van der Waals surface area contributed by atoms with Gasteiger partial charge in [-0.2, -0.15) is 0 Å². The Bertz CT molecular complexity index is 528. The second-order valence-corrected chi connectivity index (χ2v) is 7.70.